The van der Waals surface area contributed by atoms with Gasteiger partial charge in [-0.3, -0.25) is 9.59 Å². The second-order valence-electron chi connectivity index (χ2n) is 6.62. The number of amides is 1. The van der Waals surface area contributed by atoms with Gasteiger partial charge in [0.05, 0.1) is 11.6 Å². The van der Waals surface area contributed by atoms with E-state index < -0.39 is 29.3 Å². The molecular weight excluding hydrogens is 321 g/mol. The number of hydrogen-bond acceptors (Lipinski definition) is 3. The summed E-state index contributed by atoms with van der Waals surface area (Å²) in [5.74, 6) is -1.79. The number of carbonyl (C=O) groups is 2. The van der Waals surface area contributed by atoms with E-state index in [2.05, 4.69) is 13.8 Å². The fraction of sp³-hybridized carbons (Fsp3) is 0.500. The Labute approximate surface area is 148 Å². The van der Waals surface area contributed by atoms with Crippen molar-refractivity contribution in [3.8, 4) is 0 Å². The van der Waals surface area contributed by atoms with Crippen molar-refractivity contribution >= 4 is 11.7 Å². The average Bonchev–Trinajstić information content (AvgIpc) is 2.83. The number of aliphatic hydroxyl groups is 1. The Balaban J connectivity index is 2.42. The molecule has 25 heavy (non-hydrogen) atoms. The average molecular weight is 347 g/mol. The summed E-state index contributed by atoms with van der Waals surface area (Å²) in [5.41, 5.74) is 0.232. The number of nitrogens with zero attached hydrogens (tertiary/aromatic N) is 1. The van der Waals surface area contributed by atoms with Crippen molar-refractivity contribution in [1.29, 1.82) is 0 Å². The van der Waals surface area contributed by atoms with Crippen LogP contribution in [-0.4, -0.2) is 28.2 Å². The number of hydrogen-bond donors (Lipinski definition) is 1. The van der Waals surface area contributed by atoms with Gasteiger partial charge >= 0.3 is 0 Å². The number of carbonyl (C=O) groups excluding carboxylic acids is 2. The highest BCUT2D eigenvalue weighted by Gasteiger charge is 2.43. The molecule has 1 aromatic rings. The van der Waals surface area contributed by atoms with Crippen molar-refractivity contribution < 1.29 is 19.1 Å². The first-order valence-corrected chi connectivity index (χ1v) is 8.91. The summed E-state index contributed by atoms with van der Waals surface area (Å²) >= 11 is 0. The van der Waals surface area contributed by atoms with Crippen LogP contribution in [0, 0.1) is 11.7 Å². The van der Waals surface area contributed by atoms with Gasteiger partial charge in [0.25, 0.3) is 5.91 Å². The summed E-state index contributed by atoms with van der Waals surface area (Å²) in [6, 6.07) is 5.24. The van der Waals surface area contributed by atoms with E-state index in [9.17, 15) is 19.1 Å². The molecule has 1 N–H and O–H groups in total. The van der Waals surface area contributed by atoms with Crippen molar-refractivity contribution in [2.24, 2.45) is 5.92 Å². The van der Waals surface area contributed by atoms with Gasteiger partial charge in [-0.2, -0.15) is 0 Å². The van der Waals surface area contributed by atoms with E-state index in [0.717, 1.165) is 25.7 Å². The minimum atomic E-state index is -0.859. The van der Waals surface area contributed by atoms with Crippen LogP contribution in [0.1, 0.15) is 58.1 Å². The maximum atomic E-state index is 14.4. The molecular formula is C20H26FNO3. The second kappa shape index (κ2) is 8.28. The van der Waals surface area contributed by atoms with E-state index in [-0.39, 0.29) is 17.1 Å². The third-order valence-corrected chi connectivity index (χ3v) is 4.88. The van der Waals surface area contributed by atoms with Crippen LogP contribution in [-0.2, 0) is 9.59 Å². The van der Waals surface area contributed by atoms with Gasteiger partial charge in [-0.25, -0.2) is 4.39 Å². The topological polar surface area (TPSA) is 57.6 Å². The molecule has 0 radical (unpaired) electrons. The molecule has 136 valence electrons. The maximum Gasteiger partial charge on any atom is 0.290 e. The molecule has 0 fully saturated rings. The van der Waals surface area contributed by atoms with Crippen LogP contribution < -0.4 is 0 Å². The van der Waals surface area contributed by atoms with Gasteiger partial charge in [-0.15, -0.1) is 0 Å². The molecule has 0 bridgehead atoms. The first kappa shape index (κ1) is 19.2. The monoisotopic (exact) mass is 347 g/mol. The molecule has 0 aliphatic carbocycles. The molecule has 1 amide bonds. The molecule has 1 aromatic carbocycles. The van der Waals surface area contributed by atoms with Crippen molar-refractivity contribution in [1.82, 2.24) is 4.90 Å². The Morgan fingerprint density at radius 3 is 2.56 bits per heavy atom. The summed E-state index contributed by atoms with van der Waals surface area (Å²) < 4.78 is 14.4. The highest BCUT2D eigenvalue weighted by atomic mass is 19.1. The standard InChI is InChI=1S/C20H26FNO3/c1-4-6-9-14(5-2)12-22-18(15-10-7-8-11-16(15)21)17(13(3)23)19(24)20(22)25/h7-8,10-11,14,18,24H,4-6,9,12H2,1-3H3/t14-,18+/m0/s1. The molecule has 0 unspecified atom stereocenters. The maximum absolute atomic E-state index is 14.4. The molecule has 2 rings (SSSR count). The third-order valence-electron chi connectivity index (χ3n) is 4.88. The summed E-state index contributed by atoms with van der Waals surface area (Å²) in [6.07, 6.45) is 3.94. The Bertz CT molecular complexity index is 683. The van der Waals surface area contributed by atoms with Crippen LogP contribution in [0.2, 0.25) is 0 Å². The van der Waals surface area contributed by atoms with Crippen LogP contribution in [0.3, 0.4) is 0 Å². The van der Waals surface area contributed by atoms with E-state index in [1.54, 1.807) is 18.2 Å². The number of Topliss-reactive ketones (excluding diaryl/α,β-unsaturated/α-hetero) is 1. The van der Waals surface area contributed by atoms with Crippen LogP contribution in [0.25, 0.3) is 0 Å². The second-order valence-corrected chi connectivity index (χ2v) is 6.62. The van der Waals surface area contributed by atoms with Gasteiger partial charge in [0, 0.05) is 12.1 Å². The van der Waals surface area contributed by atoms with Crippen molar-refractivity contribution in [3.05, 3.63) is 47.0 Å². The zero-order valence-electron chi connectivity index (χ0n) is 15.1. The largest absolute Gasteiger partial charge is 0.503 e. The number of aliphatic hydroxyl groups excluding tert-OH is 1. The minimum Gasteiger partial charge on any atom is -0.503 e. The molecule has 5 heteroatoms. The highest BCUT2D eigenvalue weighted by Crippen LogP contribution is 2.39. The number of benzene rings is 1. The highest BCUT2D eigenvalue weighted by molar-refractivity contribution is 6.08. The molecule has 1 heterocycles. The van der Waals surface area contributed by atoms with Crippen LogP contribution >= 0.6 is 0 Å². The number of rotatable bonds is 8. The van der Waals surface area contributed by atoms with Gasteiger partial charge in [0.2, 0.25) is 0 Å². The van der Waals surface area contributed by atoms with Crippen LogP contribution in [0.5, 0.6) is 0 Å². The normalized spacial score (nSPS) is 18.8. The van der Waals surface area contributed by atoms with Crippen molar-refractivity contribution in [3.63, 3.8) is 0 Å². The van der Waals surface area contributed by atoms with Gasteiger partial charge in [0.1, 0.15) is 5.82 Å². The lowest BCUT2D eigenvalue weighted by Crippen LogP contribution is -2.35. The Morgan fingerprint density at radius 1 is 1.32 bits per heavy atom. The zero-order chi connectivity index (χ0) is 18.6. The van der Waals surface area contributed by atoms with E-state index in [0.29, 0.717) is 6.54 Å². The summed E-state index contributed by atoms with van der Waals surface area (Å²) in [5, 5.41) is 10.2. The molecule has 0 aromatic heterocycles. The SMILES string of the molecule is CCCC[C@H](CC)CN1C(=O)C(O)=C(C(C)=O)[C@H]1c1ccccc1F. The van der Waals surface area contributed by atoms with Gasteiger partial charge in [-0.1, -0.05) is 51.3 Å². The summed E-state index contributed by atoms with van der Waals surface area (Å²) in [7, 11) is 0. The van der Waals surface area contributed by atoms with Gasteiger partial charge < -0.3 is 10.0 Å². The van der Waals surface area contributed by atoms with E-state index in [1.807, 2.05) is 0 Å². The molecule has 2 atom stereocenters. The Morgan fingerprint density at radius 2 is 2.00 bits per heavy atom. The third kappa shape index (κ3) is 3.91. The number of halogens is 1. The predicted octanol–water partition coefficient (Wildman–Crippen LogP) is 4.33. The summed E-state index contributed by atoms with van der Waals surface area (Å²) in [6.45, 7) is 5.86. The predicted molar refractivity (Wildman–Crippen MR) is 94.5 cm³/mol. The van der Waals surface area contributed by atoms with Crippen molar-refractivity contribution in [2.45, 2.75) is 52.5 Å². The Kier molecular flexibility index (Phi) is 6.34. The van der Waals surface area contributed by atoms with E-state index in [1.165, 1.54) is 17.9 Å². The van der Waals surface area contributed by atoms with Crippen molar-refractivity contribution in [2.75, 3.05) is 6.54 Å². The van der Waals surface area contributed by atoms with Gasteiger partial charge in [0.15, 0.2) is 11.5 Å². The smallest absolute Gasteiger partial charge is 0.290 e. The molecule has 0 spiro atoms. The number of unbranched alkanes of at least 4 members (excludes halogenated alkanes) is 1. The van der Waals surface area contributed by atoms with Crippen LogP contribution in [0.4, 0.5) is 4.39 Å². The molecule has 0 saturated heterocycles. The quantitative estimate of drug-likeness (QED) is 0.761. The lowest BCUT2D eigenvalue weighted by atomic mass is 9.94. The lowest BCUT2D eigenvalue weighted by Gasteiger charge is -2.30. The first-order chi connectivity index (χ1) is 11.9. The van der Waals surface area contributed by atoms with Gasteiger partial charge in [-0.05, 0) is 25.3 Å². The zero-order valence-corrected chi connectivity index (χ0v) is 15.1. The fourth-order valence-corrected chi connectivity index (χ4v) is 3.42. The molecule has 1 aliphatic heterocycles. The molecule has 1 aliphatic rings. The van der Waals surface area contributed by atoms with E-state index >= 15 is 0 Å². The Hall–Kier alpha value is -2.17. The van der Waals surface area contributed by atoms with Crippen LogP contribution in [0.15, 0.2) is 35.6 Å². The fourth-order valence-electron chi connectivity index (χ4n) is 3.42. The molecule has 4 nitrogen and oxygen atoms in total. The lowest BCUT2D eigenvalue weighted by molar-refractivity contribution is -0.130. The first-order valence-electron chi connectivity index (χ1n) is 8.91. The molecule has 0 saturated carbocycles. The minimum absolute atomic E-state index is 0.0135. The number of ketones is 1. The summed E-state index contributed by atoms with van der Waals surface area (Å²) in [4.78, 5) is 26.1. The van der Waals surface area contributed by atoms with E-state index in [4.69, 9.17) is 0 Å².